The molecule has 0 aromatic carbocycles. The Morgan fingerprint density at radius 1 is 0.833 bits per heavy atom. The van der Waals surface area contributed by atoms with E-state index in [4.69, 9.17) is 4.84 Å². The van der Waals surface area contributed by atoms with E-state index in [2.05, 4.69) is 37.8 Å². The molecule has 0 aromatic heterocycles. The summed E-state index contributed by atoms with van der Waals surface area (Å²) in [5.74, 6) is 1.40. The Morgan fingerprint density at radius 3 is 1.71 bits per heavy atom. The van der Waals surface area contributed by atoms with Crippen molar-refractivity contribution < 1.29 is 4.84 Å². The maximum Gasteiger partial charge on any atom is 0.240 e. The second-order valence-electron chi connectivity index (χ2n) is 7.93. The fraction of sp³-hybridized carbons (Fsp3) is 0.857. The highest BCUT2D eigenvalue weighted by Crippen LogP contribution is 2.28. The molecule has 0 atom stereocenters. The van der Waals surface area contributed by atoms with E-state index < -0.39 is 0 Å². The summed E-state index contributed by atoms with van der Waals surface area (Å²) in [5.41, 5.74) is 2.95. The zero-order valence-corrected chi connectivity index (χ0v) is 16.5. The number of amidine groups is 1. The van der Waals surface area contributed by atoms with Gasteiger partial charge in [-0.25, -0.2) is 5.48 Å². The summed E-state index contributed by atoms with van der Waals surface area (Å²) in [6.07, 6.45) is 19.3. The molecule has 1 aliphatic rings. The van der Waals surface area contributed by atoms with Crippen LogP contribution in [0.15, 0.2) is 17.5 Å². The first kappa shape index (κ1) is 21.1. The van der Waals surface area contributed by atoms with Crippen molar-refractivity contribution in [2.24, 2.45) is 10.4 Å². The molecule has 0 aliphatic carbocycles. The van der Waals surface area contributed by atoms with Crippen LogP contribution in [-0.4, -0.2) is 5.84 Å². The highest BCUT2D eigenvalue weighted by molar-refractivity contribution is 5.88. The lowest BCUT2D eigenvalue weighted by Crippen LogP contribution is -2.33. The molecule has 0 unspecified atom stereocenters. The third kappa shape index (κ3) is 9.34. The first-order chi connectivity index (χ1) is 11.6. The van der Waals surface area contributed by atoms with Gasteiger partial charge >= 0.3 is 0 Å². The van der Waals surface area contributed by atoms with Gasteiger partial charge in [0.05, 0.1) is 0 Å². The molecule has 0 bridgehead atoms. The summed E-state index contributed by atoms with van der Waals surface area (Å²) in [7, 11) is 0. The fourth-order valence-corrected chi connectivity index (χ4v) is 3.27. The standard InChI is InChI=1S/C21H40N2O/c1-5-6-7-8-9-10-11-12-13-14-15-16-17-18-21(3,4)20-22-19(2)24-23-20/h2,5-18H2,1,3-4H3,(H,22,23). The minimum absolute atomic E-state index is 0.0528. The van der Waals surface area contributed by atoms with Gasteiger partial charge < -0.3 is 4.84 Å². The van der Waals surface area contributed by atoms with Crippen LogP contribution in [0, 0.1) is 5.41 Å². The Bertz CT molecular complexity index is 374. The minimum Gasteiger partial charge on any atom is -0.361 e. The fourth-order valence-electron chi connectivity index (χ4n) is 3.27. The first-order valence-electron chi connectivity index (χ1n) is 10.3. The lowest BCUT2D eigenvalue weighted by Gasteiger charge is -2.23. The van der Waals surface area contributed by atoms with Crippen LogP contribution in [0.1, 0.15) is 111 Å². The summed E-state index contributed by atoms with van der Waals surface area (Å²) < 4.78 is 0. The summed E-state index contributed by atoms with van der Waals surface area (Å²) in [5, 5.41) is 0. The molecule has 1 aliphatic heterocycles. The van der Waals surface area contributed by atoms with Gasteiger partial charge in [-0.1, -0.05) is 104 Å². The number of hydrogen-bond donors (Lipinski definition) is 1. The molecule has 0 fully saturated rings. The van der Waals surface area contributed by atoms with Crippen LogP contribution in [0.5, 0.6) is 0 Å². The molecule has 1 heterocycles. The van der Waals surface area contributed by atoms with Gasteiger partial charge in [-0.3, -0.25) is 0 Å². The van der Waals surface area contributed by atoms with Gasteiger partial charge in [-0.05, 0) is 13.0 Å². The molecule has 0 amide bonds. The van der Waals surface area contributed by atoms with E-state index in [1.165, 1.54) is 83.5 Å². The predicted octanol–water partition coefficient (Wildman–Crippen LogP) is 6.90. The van der Waals surface area contributed by atoms with Crippen molar-refractivity contribution in [2.45, 2.75) is 111 Å². The maximum absolute atomic E-state index is 5.12. The van der Waals surface area contributed by atoms with E-state index in [-0.39, 0.29) is 5.41 Å². The molecule has 0 aromatic rings. The van der Waals surface area contributed by atoms with Crippen LogP contribution in [0.3, 0.4) is 0 Å². The van der Waals surface area contributed by atoms with Gasteiger partial charge in [-0.15, -0.1) is 0 Å². The van der Waals surface area contributed by atoms with Crippen molar-refractivity contribution in [1.29, 1.82) is 0 Å². The number of nitrogens with zero attached hydrogens (tertiary/aromatic N) is 1. The molecule has 24 heavy (non-hydrogen) atoms. The van der Waals surface area contributed by atoms with E-state index in [9.17, 15) is 0 Å². The SMILES string of the molecule is C=C1N=C(C(C)(C)CCCCCCCCCCCCCCC)NO1. The van der Waals surface area contributed by atoms with Crippen LogP contribution in [0.2, 0.25) is 0 Å². The number of unbranched alkanes of at least 4 members (excludes halogenated alkanes) is 12. The van der Waals surface area contributed by atoms with Crippen LogP contribution < -0.4 is 5.48 Å². The summed E-state index contributed by atoms with van der Waals surface area (Å²) in [6.45, 7) is 10.4. The van der Waals surface area contributed by atoms with Crippen molar-refractivity contribution in [3.05, 3.63) is 12.5 Å². The number of hydroxylamine groups is 1. The van der Waals surface area contributed by atoms with Gasteiger partial charge in [0, 0.05) is 5.41 Å². The topological polar surface area (TPSA) is 33.6 Å². The molecule has 1 rings (SSSR count). The summed E-state index contributed by atoms with van der Waals surface area (Å²) in [6, 6.07) is 0. The highest BCUT2D eigenvalue weighted by atomic mass is 16.7. The normalized spacial score (nSPS) is 14.5. The van der Waals surface area contributed by atoms with E-state index in [1.807, 2.05) is 0 Å². The van der Waals surface area contributed by atoms with Gasteiger partial charge in [0.15, 0.2) is 0 Å². The number of hydrogen-bond acceptors (Lipinski definition) is 3. The largest absolute Gasteiger partial charge is 0.361 e. The third-order valence-electron chi connectivity index (χ3n) is 5.05. The quantitative estimate of drug-likeness (QED) is 0.330. The van der Waals surface area contributed by atoms with Crippen molar-refractivity contribution in [1.82, 2.24) is 5.48 Å². The first-order valence-corrected chi connectivity index (χ1v) is 10.3. The molecule has 0 spiro atoms. The highest BCUT2D eigenvalue weighted by Gasteiger charge is 2.28. The molecule has 3 heteroatoms. The molecule has 3 nitrogen and oxygen atoms in total. The molecule has 0 saturated carbocycles. The van der Waals surface area contributed by atoms with E-state index in [0.29, 0.717) is 5.88 Å². The number of rotatable bonds is 15. The Balaban J connectivity index is 1.88. The third-order valence-corrected chi connectivity index (χ3v) is 5.05. The van der Waals surface area contributed by atoms with Gasteiger partial charge in [0.2, 0.25) is 5.88 Å². The Morgan fingerprint density at radius 2 is 1.29 bits per heavy atom. The molecule has 0 radical (unpaired) electrons. The van der Waals surface area contributed by atoms with Crippen LogP contribution >= 0.6 is 0 Å². The van der Waals surface area contributed by atoms with Crippen LogP contribution in [-0.2, 0) is 4.84 Å². The minimum atomic E-state index is 0.0528. The van der Waals surface area contributed by atoms with Crippen molar-refractivity contribution in [2.75, 3.05) is 0 Å². The van der Waals surface area contributed by atoms with Crippen molar-refractivity contribution in [3.8, 4) is 0 Å². The molecule has 140 valence electrons. The van der Waals surface area contributed by atoms with Gasteiger partial charge in [0.1, 0.15) is 5.84 Å². The number of nitrogens with one attached hydrogen (secondary N) is 1. The Labute approximate surface area is 150 Å². The van der Waals surface area contributed by atoms with E-state index in [1.54, 1.807) is 0 Å². The molecular formula is C21H40N2O. The average Bonchev–Trinajstić information content (AvgIpc) is 2.99. The van der Waals surface area contributed by atoms with Crippen molar-refractivity contribution in [3.63, 3.8) is 0 Å². The Hall–Kier alpha value is -0.990. The lowest BCUT2D eigenvalue weighted by molar-refractivity contribution is 0.171. The smallest absolute Gasteiger partial charge is 0.240 e. The molecule has 0 saturated heterocycles. The van der Waals surface area contributed by atoms with E-state index >= 15 is 0 Å². The average molecular weight is 337 g/mol. The van der Waals surface area contributed by atoms with Crippen LogP contribution in [0.4, 0.5) is 0 Å². The monoisotopic (exact) mass is 336 g/mol. The summed E-state index contributed by atoms with van der Waals surface area (Å²) >= 11 is 0. The summed E-state index contributed by atoms with van der Waals surface area (Å²) in [4.78, 5) is 9.45. The maximum atomic E-state index is 5.12. The predicted molar refractivity (Wildman–Crippen MR) is 105 cm³/mol. The van der Waals surface area contributed by atoms with Crippen molar-refractivity contribution >= 4 is 5.84 Å². The van der Waals surface area contributed by atoms with Gasteiger partial charge in [-0.2, -0.15) is 4.99 Å². The van der Waals surface area contributed by atoms with Gasteiger partial charge in [0.25, 0.3) is 0 Å². The zero-order chi connectivity index (χ0) is 17.7. The van der Waals surface area contributed by atoms with Crippen LogP contribution in [0.25, 0.3) is 0 Å². The number of aliphatic imine (C=N–C) groups is 1. The molecular weight excluding hydrogens is 296 g/mol. The Kier molecular flexibility index (Phi) is 10.9. The van der Waals surface area contributed by atoms with E-state index in [0.717, 1.165) is 12.3 Å². The zero-order valence-electron chi connectivity index (χ0n) is 16.5. The molecule has 1 N–H and O–H groups in total. The second-order valence-corrected chi connectivity index (χ2v) is 7.93. The lowest BCUT2D eigenvalue weighted by atomic mass is 9.85. The second kappa shape index (κ2) is 12.4.